The van der Waals surface area contributed by atoms with E-state index in [9.17, 15) is 23.9 Å². The zero-order valence-corrected chi connectivity index (χ0v) is 13.1. The van der Waals surface area contributed by atoms with E-state index >= 15 is 0 Å². The molecule has 1 unspecified atom stereocenters. The van der Waals surface area contributed by atoms with Crippen molar-refractivity contribution in [2.24, 2.45) is 10.2 Å². The van der Waals surface area contributed by atoms with Crippen LogP contribution in [0.25, 0.3) is 0 Å². The van der Waals surface area contributed by atoms with Crippen LogP contribution in [0.2, 0.25) is 0 Å². The molecule has 0 saturated heterocycles. The van der Waals surface area contributed by atoms with E-state index in [1.54, 1.807) is 0 Å². The first-order chi connectivity index (χ1) is 12.3. The molecule has 1 aromatic heterocycles. The molecule has 0 fully saturated rings. The number of ether oxygens (including phenoxy) is 1. The van der Waals surface area contributed by atoms with Crippen molar-refractivity contribution in [3.05, 3.63) is 41.3 Å². The molecule has 1 aromatic carbocycles. The van der Waals surface area contributed by atoms with Gasteiger partial charge in [0.2, 0.25) is 5.88 Å². The lowest BCUT2D eigenvalue weighted by Crippen LogP contribution is -2.30. The van der Waals surface area contributed by atoms with E-state index in [0.29, 0.717) is 0 Å². The highest BCUT2D eigenvalue weighted by Gasteiger charge is 2.40. The Morgan fingerprint density at radius 3 is 2.46 bits per heavy atom. The molecule has 132 valence electrons. The molecule has 2 aromatic rings. The predicted octanol–water partition coefficient (Wildman–Crippen LogP) is 1.32. The number of fused-ring (bicyclic) bond motifs is 1. The lowest BCUT2D eigenvalue weighted by molar-refractivity contribution is -0.151. The van der Waals surface area contributed by atoms with Gasteiger partial charge in [-0.2, -0.15) is 0 Å². The number of carbonyl (C=O) groups is 3. The van der Waals surface area contributed by atoms with Crippen molar-refractivity contribution < 1.29 is 28.6 Å². The molecule has 2 heterocycles. The van der Waals surface area contributed by atoms with E-state index in [1.807, 2.05) is 0 Å². The number of aromatic hydroxyl groups is 1. The minimum absolute atomic E-state index is 0.0853. The maximum absolute atomic E-state index is 13.1. The van der Waals surface area contributed by atoms with E-state index in [1.165, 1.54) is 0 Å². The highest BCUT2D eigenvalue weighted by atomic mass is 19.1. The number of benzene rings is 1. The number of ketones is 2. The number of methoxy groups -OCH3 is 1. The Hall–Kier alpha value is -3.76. The van der Waals surface area contributed by atoms with E-state index in [0.717, 1.165) is 35.9 Å². The Kier molecular flexibility index (Phi) is 4.12. The first-order valence-electron chi connectivity index (χ1n) is 7.09. The van der Waals surface area contributed by atoms with Gasteiger partial charge >= 0.3 is 5.97 Å². The molecule has 0 saturated carbocycles. The van der Waals surface area contributed by atoms with Crippen LogP contribution < -0.4 is 0 Å². The minimum Gasteiger partial charge on any atom is -0.493 e. The fourth-order valence-electron chi connectivity index (χ4n) is 2.38. The van der Waals surface area contributed by atoms with Crippen molar-refractivity contribution >= 4 is 29.4 Å². The normalized spacial score (nSPS) is 13.4. The highest BCUT2D eigenvalue weighted by Crippen LogP contribution is 2.35. The minimum atomic E-state index is -1.85. The zero-order valence-electron chi connectivity index (χ0n) is 13.1. The zero-order chi connectivity index (χ0) is 19.0. The summed E-state index contributed by atoms with van der Waals surface area (Å²) in [7, 11) is 0.955. The Morgan fingerprint density at radius 2 is 1.88 bits per heavy atom. The smallest absolute Gasteiger partial charge is 0.375 e. The molecular weight excluding hydrogens is 349 g/mol. The van der Waals surface area contributed by atoms with Gasteiger partial charge in [-0.3, -0.25) is 15.0 Å². The van der Waals surface area contributed by atoms with Crippen LogP contribution in [0.3, 0.4) is 0 Å². The average Bonchev–Trinajstić information content (AvgIpc) is 3.15. The van der Waals surface area contributed by atoms with Crippen LogP contribution in [0.4, 0.5) is 10.3 Å². The first kappa shape index (κ1) is 17.1. The van der Waals surface area contributed by atoms with E-state index in [-0.39, 0.29) is 11.5 Å². The molecule has 10 nitrogen and oxygen atoms in total. The van der Waals surface area contributed by atoms with Gasteiger partial charge in [-0.25, -0.2) is 18.7 Å². The van der Waals surface area contributed by atoms with Crippen LogP contribution in [0.5, 0.6) is 5.88 Å². The van der Waals surface area contributed by atoms with Crippen molar-refractivity contribution in [1.29, 1.82) is 5.41 Å². The van der Waals surface area contributed by atoms with Gasteiger partial charge in [-0.05, 0) is 24.3 Å². The van der Waals surface area contributed by atoms with E-state index in [4.69, 9.17) is 5.41 Å². The number of esters is 1. The van der Waals surface area contributed by atoms with Crippen molar-refractivity contribution in [3.8, 4) is 5.88 Å². The maximum Gasteiger partial charge on any atom is 0.375 e. The Morgan fingerprint density at radius 1 is 1.23 bits per heavy atom. The van der Waals surface area contributed by atoms with Gasteiger partial charge < -0.3 is 9.84 Å². The number of nitrogens with zero attached hydrogens (tertiary/aromatic N) is 4. The van der Waals surface area contributed by atoms with Gasteiger partial charge in [0.1, 0.15) is 17.4 Å². The third kappa shape index (κ3) is 2.64. The number of nitrogens with one attached hydrogen (secondary N) is 1. The van der Waals surface area contributed by atoms with Gasteiger partial charge in [0.25, 0.3) is 17.7 Å². The molecule has 1 aliphatic heterocycles. The van der Waals surface area contributed by atoms with Gasteiger partial charge in [-0.15, -0.1) is 10.2 Å². The number of imidazole rings is 1. The Balaban J connectivity index is 2.12. The van der Waals surface area contributed by atoms with Gasteiger partial charge in [0.15, 0.2) is 5.78 Å². The lowest BCUT2D eigenvalue weighted by Gasteiger charge is -2.12. The number of azo groups is 1. The molecule has 1 atom stereocenters. The summed E-state index contributed by atoms with van der Waals surface area (Å²) in [5, 5.41) is 24.7. The standard InChI is InChI=1S/C15H10FN5O5/c1-26-13(25)11(23)8(10(22)6-2-4-7(16)5-3-6)9-12(24)21-14(17)19-20-15(21)18-9/h2-5,8,17,24H,1H3. The van der Waals surface area contributed by atoms with Crippen molar-refractivity contribution in [3.63, 3.8) is 0 Å². The molecule has 1 aliphatic rings. The summed E-state index contributed by atoms with van der Waals surface area (Å²) < 4.78 is 18.2. The number of Topliss-reactive ketones (excluding diaryl/α,β-unsaturated/α-hetero) is 2. The predicted molar refractivity (Wildman–Crippen MR) is 82.0 cm³/mol. The molecule has 26 heavy (non-hydrogen) atoms. The summed E-state index contributed by atoms with van der Waals surface area (Å²) in [5.41, 5.74) is -0.564. The summed E-state index contributed by atoms with van der Waals surface area (Å²) in [4.78, 5) is 40.7. The van der Waals surface area contributed by atoms with Crippen LogP contribution in [0.15, 0.2) is 34.5 Å². The molecular formula is C15H10FN5O5. The second-order valence-electron chi connectivity index (χ2n) is 5.14. The van der Waals surface area contributed by atoms with Crippen molar-refractivity contribution in [1.82, 2.24) is 9.55 Å². The fraction of sp³-hybridized carbons (Fsp3) is 0.133. The SMILES string of the molecule is COC(=O)C(=O)C(C(=O)c1ccc(F)cc1)c1nc2n(c1O)C(=N)N=N2. The molecule has 2 N–H and O–H groups in total. The topological polar surface area (TPSA) is 147 Å². The van der Waals surface area contributed by atoms with E-state index < -0.39 is 46.8 Å². The van der Waals surface area contributed by atoms with E-state index in [2.05, 4.69) is 19.9 Å². The highest BCUT2D eigenvalue weighted by molar-refractivity contribution is 6.41. The number of carbonyl (C=O) groups excluding carboxylic acids is 3. The Bertz CT molecular complexity index is 979. The number of hydrogen-bond acceptors (Lipinski definition) is 8. The number of rotatable bonds is 5. The number of hydrogen-bond donors (Lipinski definition) is 2. The summed E-state index contributed by atoms with van der Waals surface area (Å²) >= 11 is 0. The third-order valence-electron chi connectivity index (χ3n) is 3.62. The largest absolute Gasteiger partial charge is 0.493 e. The van der Waals surface area contributed by atoms with Crippen molar-refractivity contribution in [2.45, 2.75) is 5.92 Å². The summed E-state index contributed by atoms with van der Waals surface area (Å²) in [5.74, 6) is -7.40. The lowest BCUT2D eigenvalue weighted by atomic mass is 9.90. The molecule has 0 amide bonds. The van der Waals surface area contributed by atoms with Crippen LogP contribution >= 0.6 is 0 Å². The molecule has 0 bridgehead atoms. The molecule has 0 radical (unpaired) electrons. The van der Waals surface area contributed by atoms with Crippen LogP contribution in [-0.2, 0) is 14.3 Å². The molecule has 3 rings (SSSR count). The van der Waals surface area contributed by atoms with Crippen LogP contribution in [-0.4, -0.2) is 45.3 Å². The van der Waals surface area contributed by atoms with Crippen LogP contribution in [0.1, 0.15) is 22.0 Å². The summed E-state index contributed by atoms with van der Waals surface area (Å²) in [6.07, 6.45) is 0. The van der Waals surface area contributed by atoms with Gasteiger partial charge in [0, 0.05) is 5.56 Å². The monoisotopic (exact) mass is 359 g/mol. The van der Waals surface area contributed by atoms with Crippen LogP contribution in [0, 0.1) is 11.2 Å². The quantitative estimate of drug-likeness (QED) is 0.356. The van der Waals surface area contributed by atoms with Gasteiger partial charge in [-0.1, -0.05) is 0 Å². The molecule has 0 aliphatic carbocycles. The maximum atomic E-state index is 13.1. The summed E-state index contributed by atoms with van der Waals surface area (Å²) in [6.45, 7) is 0. The van der Waals surface area contributed by atoms with Crippen molar-refractivity contribution in [2.75, 3.05) is 7.11 Å². The first-order valence-corrected chi connectivity index (χ1v) is 7.09. The Labute approximate surface area is 144 Å². The second-order valence-corrected chi connectivity index (χ2v) is 5.14. The second kappa shape index (κ2) is 6.27. The number of aromatic nitrogens is 2. The molecule has 0 spiro atoms. The third-order valence-corrected chi connectivity index (χ3v) is 3.62. The summed E-state index contributed by atoms with van der Waals surface area (Å²) in [6, 6.07) is 4.25. The number of halogens is 1. The average molecular weight is 359 g/mol. The molecule has 11 heteroatoms. The fourth-order valence-corrected chi connectivity index (χ4v) is 2.38. The van der Waals surface area contributed by atoms with Gasteiger partial charge in [0.05, 0.1) is 7.11 Å².